The molecule has 5 nitrogen and oxygen atoms in total. The van der Waals surface area contributed by atoms with Gasteiger partial charge in [-0.25, -0.2) is 0 Å². The minimum absolute atomic E-state index is 0.211. The maximum Gasteiger partial charge on any atom is 0.149 e. The second-order valence-corrected chi connectivity index (χ2v) is 3.89. The predicted octanol–water partition coefficient (Wildman–Crippen LogP) is 3.21. The summed E-state index contributed by atoms with van der Waals surface area (Å²) < 4.78 is 0. The summed E-state index contributed by atoms with van der Waals surface area (Å²) in [4.78, 5) is 15.1. The largest absolute Gasteiger partial charge is 0.508 e. The molecular formula is C14H12N2O3. The van der Waals surface area contributed by atoms with Gasteiger partial charge in [-0.2, -0.15) is 5.90 Å². The molecule has 0 fully saturated rings. The third-order valence-corrected chi connectivity index (χ3v) is 2.52. The molecule has 0 unspecified atom stereocenters. The molecule has 5 heteroatoms. The summed E-state index contributed by atoms with van der Waals surface area (Å²) in [5, 5.41) is 12.0. The summed E-state index contributed by atoms with van der Waals surface area (Å²) in [6.45, 7) is 0. The van der Waals surface area contributed by atoms with Gasteiger partial charge < -0.3 is 9.94 Å². The van der Waals surface area contributed by atoms with E-state index in [4.69, 9.17) is 5.90 Å². The Labute approximate surface area is 109 Å². The lowest BCUT2D eigenvalue weighted by Crippen LogP contribution is -2.01. The van der Waals surface area contributed by atoms with Gasteiger partial charge in [0, 0.05) is 6.07 Å². The summed E-state index contributed by atoms with van der Waals surface area (Å²) in [5.41, 5.74) is 1.90. The average molecular weight is 256 g/mol. The molecule has 0 bridgehead atoms. The molecular weight excluding hydrogens is 244 g/mol. The van der Waals surface area contributed by atoms with E-state index in [2.05, 4.69) is 10.0 Å². The predicted molar refractivity (Wildman–Crippen MR) is 73.7 cm³/mol. The minimum atomic E-state index is 0.211. The molecule has 0 aromatic heterocycles. The van der Waals surface area contributed by atoms with E-state index in [-0.39, 0.29) is 11.4 Å². The number of hydrogen-bond donors (Lipinski definition) is 2. The fourth-order valence-corrected chi connectivity index (χ4v) is 1.60. The van der Waals surface area contributed by atoms with Gasteiger partial charge in [0.05, 0.1) is 0 Å². The van der Waals surface area contributed by atoms with Crippen LogP contribution in [-0.2, 0) is 0 Å². The Morgan fingerprint density at radius 1 is 1.05 bits per heavy atom. The summed E-state index contributed by atoms with van der Waals surface area (Å²) in [6.07, 6.45) is 3.63. The molecule has 3 N–H and O–H groups in total. The molecule has 2 aromatic rings. The first kappa shape index (κ1) is 12.8. The summed E-state index contributed by atoms with van der Waals surface area (Å²) in [6, 6.07) is 11.5. The fraction of sp³-hybridized carbons (Fsp3) is 0. The van der Waals surface area contributed by atoms with Gasteiger partial charge in [0.1, 0.15) is 17.2 Å². The number of nitrogens with two attached hydrogens (primary N) is 1. The van der Waals surface area contributed by atoms with Gasteiger partial charge in [-0.05, 0) is 40.6 Å². The van der Waals surface area contributed by atoms with Crippen molar-refractivity contribution in [2.24, 2.45) is 11.1 Å². The highest BCUT2D eigenvalue weighted by molar-refractivity contribution is 5.72. The highest BCUT2D eigenvalue weighted by atomic mass is 16.6. The summed E-state index contributed by atoms with van der Waals surface area (Å²) >= 11 is 0. The summed E-state index contributed by atoms with van der Waals surface area (Å²) in [7, 11) is 0. The van der Waals surface area contributed by atoms with E-state index in [0.29, 0.717) is 5.75 Å². The van der Waals surface area contributed by atoms with Crippen molar-refractivity contribution in [1.82, 2.24) is 0 Å². The number of nitroso groups, excluding NO2 is 1. The van der Waals surface area contributed by atoms with Crippen molar-refractivity contribution in [1.29, 1.82) is 0 Å². The van der Waals surface area contributed by atoms with Crippen LogP contribution in [0.3, 0.4) is 0 Å². The lowest BCUT2D eigenvalue weighted by Gasteiger charge is -2.01. The molecule has 0 heterocycles. The molecule has 0 atom stereocenters. The van der Waals surface area contributed by atoms with Crippen LogP contribution in [0.25, 0.3) is 12.2 Å². The number of benzene rings is 2. The van der Waals surface area contributed by atoms with Gasteiger partial charge in [-0.3, -0.25) is 0 Å². The molecule has 2 rings (SSSR count). The first-order chi connectivity index (χ1) is 9.21. The topological polar surface area (TPSA) is 84.9 Å². The van der Waals surface area contributed by atoms with Crippen molar-refractivity contribution >= 4 is 17.8 Å². The van der Waals surface area contributed by atoms with E-state index in [1.807, 2.05) is 6.08 Å². The van der Waals surface area contributed by atoms with E-state index >= 15 is 0 Å². The third-order valence-electron chi connectivity index (χ3n) is 2.52. The van der Waals surface area contributed by atoms with Crippen molar-refractivity contribution in [3.8, 4) is 11.5 Å². The van der Waals surface area contributed by atoms with Crippen molar-refractivity contribution < 1.29 is 9.94 Å². The Bertz CT molecular complexity index is 607. The van der Waals surface area contributed by atoms with Crippen LogP contribution in [0.15, 0.2) is 47.6 Å². The number of phenols is 1. The molecule has 0 saturated heterocycles. The molecule has 19 heavy (non-hydrogen) atoms. The minimum Gasteiger partial charge on any atom is -0.508 e. The fourth-order valence-electron chi connectivity index (χ4n) is 1.60. The SMILES string of the molecule is NOc1cc(/C=C/c2ccc(O)cc2)cc(N=O)c1. The molecule has 0 aliphatic heterocycles. The first-order valence-corrected chi connectivity index (χ1v) is 5.53. The van der Waals surface area contributed by atoms with Crippen LogP contribution in [0, 0.1) is 4.91 Å². The maximum atomic E-state index is 10.5. The normalized spacial score (nSPS) is 10.6. The highest BCUT2D eigenvalue weighted by Crippen LogP contribution is 2.24. The van der Waals surface area contributed by atoms with Gasteiger partial charge >= 0.3 is 0 Å². The highest BCUT2D eigenvalue weighted by Gasteiger charge is 2.00. The zero-order valence-electron chi connectivity index (χ0n) is 9.98. The van der Waals surface area contributed by atoms with E-state index in [0.717, 1.165) is 11.1 Å². The maximum absolute atomic E-state index is 10.5. The van der Waals surface area contributed by atoms with Crippen molar-refractivity contribution in [3.05, 3.63) is 58.5 Å². The van der Waals surface area contributed by atoms with Crippen molar-refractivity contribution in [2.75, 3.05) is 0 Å². The summed E-state index contributed by atoms with van der Waals surface area (Å²) in [5.74, 6) is 5.65. The molecule has 2 aromatic carbocycles. The number of nitrogens with zero attached hydrogens (tertiary/aromatic N) is 1. The standard InChI is InChI=1S/C14H12N2O3/c15-19-14-8-11(7-12(9-14)16-18)2-1-10-3-5-13(17)6-4-10/h1-9,17H,15H2/b2-1+. The molecule has 96 valence electrons. The monoisotopic (exact) mass is 256 g/mol. The Balaban J connectivity index is 2.27. The van der Waals surface area contributed by atoms with Crippen LogP contribution in [0.2, 0.25) is 0 Å². The Morgan fingerprint density at radius 3 is 2.37 bits per heavy atom. The van der Waals surface area contributed by atoms with E-state index < -0.39 is 0 Å². The van der Waals surface area contributed by atoms with Crippen LogP contribution >= 0.6 is 0 Å². The zero-order valence-corrected chi connectivity index (χ0v) is 9.98. The number of aromatic hydroxyl groups is 1. The van der Waals surface area contributed by atoms with Crippen LogP contribution in [0.4, 0.5) is 5.69 Å². The molecule has 0 aliphatic rings. The van der Waals surface area contributed by atoms with Gasteiger partial charge in [-0.1, -0.05) is 24.3 Å². The Hall–Kier alpha value is -2.66. The quantitative estimate of drug-likeness (QED) is 0.499. The van der Waals surface area contributed by atoms with Crippen molar-refractivity contribution in [3.63, 3.8) is 0 Å². The van der Waals surface area contributed by atoms with E-state index in [1.165, 1.54) is 6.07 Å². The van der Waals surface area contributed by atoms with E-state index in [1.54, 1.807) is 42.5 Å². The van der Waals surface area contributed by atoms with Crippen LogP contribution in [-0.4, -0.2) is 5.11 Å². The van der Waals surface area contributed by atoms with Crippen LogP contribution in [0.1, 0.15) is 11.1 Å². The molecule has 0 radical (unpaired) electrons. The Morgan fingerprint density at radius 2 is 1.74 bits per heavy atom. The molecule has 0 spiro atoms. The van der Waals surface area contributed by atoms with Gasteiger partial charge in [0.2, 0.25) is 0 Å². The van der Waals surface area contributed by atoms with Crippen LogP contribution < -0.4 is 10.7 Å². The van der Waals surface area contributed by atoms with E-state index in [9.17, 15) is 10.0 Å². The average Bonchev–Trinajstić information content (AvgIpc) is 2.46. The first-order valence-electron chi connectivity index (χ1n) is 5.53. The smallest absolute Gasteiger partial charge is 0.149 e. The van der Waals surface area contributed by atoms with Crippen LogP contribution in [0.5, 0.6) is 11.5 Å². The molecule has 0 saturated carbocycles. The lowest BCUT2D eigenvalue weighted by atomic mass is 10.1. The van der Waals surface area contributed by atoms with Gasteiger partial charge in [0.15, 0.2) is 0 Å². The Kier molecular flexibility index (Phi) is 3.90. The molecule has 0 aliphatic carbocycles. The zero-order chi connectivity index (χ0) is 13.7. The second kappa shape index (κ2) is 5.79. The number of phenolic OH excluding ortho intramolecular Hbond substituents is 1. The van der Waals surface area contributed by atoms with Crippen molar-refractivity contribution in [2.45, 2.75) is 0 Å². The second-order valence-electron chi connectivity index (χ2n) is 3.89. The molecule has 0 amide bonds. The number of hydrogen-bond acceptors (Lipinski definition) is 5. The van der Waals surface area contributed by atoms with Gasteiger partial charge in [0.25, 0.3) is 0 Å². The third kappa shape index (κ3) is 3.40. The lowest BCUT2D eigenvalue weighted by molar-refractivity contribution is 0.334. The van der Waals surface area contributed by atoms with Gasteiger partial charge in [-0.15, -0.1) is 4.91 Å². The number of rotatable bonds is 4.